The van der Waals surface area contributed by atoms with E-state index >= 15 is 0 Å². The maximum absolute atomic E-state index is 3.91. The van der Waals surface area contributed by atoms with Crippen molar-refractivity contribution in [2.24, 2.45) is 5.92 Å². The van der Waals surface area contributed by atoms with Crippen molar-refractivity contribution >= 4 is 11.3 Å². The maximum Gasteiger partial charge on any atom is 0.0388 e. The van der Waals surface area contributed by atoms with Crippen LogP contribution in [0, 0.1) is 5.92 Å². The lowest BCUT2D eigenvalue weighted by molar-refractivity contribution is 0.318. The van der Waals surface area contributed by atoms with Gasteiger partial charge < -0.3 is 5.32 Å². The Bertz CT molecular complexity index is 419. The van der Waals surface area contributed by atoms with E-state index in [1.807, 2.05) is 0 Å². The van der Waals surface area contributed by atoms with Crippen molar-refractivity contribution in [1.82, 2.24) is 5.32 Å². The number of nitrogens with one attached hydrogen (secondary N) is 1. The molecule has 0 amide bonds. The van der Waals surface area contributed by atoms with Gasteiger partial charge >= 0.3 is 0 Å². The fourth-order valence-corrected chi connectivity index (χ4v) is 5.42. The number of hydrogen-bond acceptors (Lipinski definition) is 2. The molecule has 1 aromatic rings. The molecular formula is C19H31NS. The monoisotopic (exact) mass is 305 g/mol. The molecule has 2 heteroatoms. The van der Waals surface area contributed by atoms with Crippen molar-refractivity contribution in [1.29, 1.82) is 0 Å². The second kappa shape index (κ2) is 7.28. The van der Waals surface area contributed by atoms with E-state index in [2.05, 4.69) is 36.6 Å². The molecule has 2 atom stereocenters. The van der Waals surface area contributed by atoms with Gasteiger partial charge in [0, 0.05) is 21.8 Å². The van der Waals surface area contributed by atoms with Gasteiger partial charge in [-0.1, -0.05) is 25.7 Å². The van der Waals surface area contributed by atoms with Crippen molar-refractivity contribution in [3.63, 3.8) is 0 Å². The fourth-order valence-electron chi connectivity index (χ4n) is 4.15. The molecule has 0 aliphatic heterocycles. The molecule has 118 valence electrons. The molecule has 1 heterocycles. The van der Waals surface area contributed by atoms with E-state index in [1.54, 1.807) is 15.3 Å². The van der Waals surface area contributed by atoms with Gasteiger partial charge in [-0.05, 0) is 69.9 Å². The van der Waals surface area contributed by atoms with Gasteiger partial charge in [0.15, 0.2) is 0 Å². The van der Waals surface area contributed by atoms with Crippen LogP contribution in [0.15, 0.2) is 6.07 Å². The Labute approximate surface area is 134 Å². The Kier molecular flexibility index (Phi) is 5.39. The van der Waals surface area contributed by atoms with E-state index in [1.165, 1.54) is 64.2 Å². The van der Waals surface area contributed by atoms with Crippen molar-refractivity contribution < 1.29 is 0 Å². The summed E-state index contributed by atoms with van der Waals surface area (Å²) in [6.45, 7) is 4.78. The van der Waals surface area contributed by atoms with Crippen LogP contribution in [0.5, 0.6) is 0 Å². The summed E-state index contributed by atoms with van der Waals surface area (Å²) in [6, 6.07) is 3.69. The minimum absolute atomic E-state index is 0.527. The van der Waals surface area contributed by atoms with Gasteiger partial charge in [-0.15, -0.1) is 11.3 Å². The number of hydrogen-bond donors (Lipinski definition) is 1. The van der Waals surface area contributed by atoms with E-state index in [0.29, 0.717) is 12.1 Å². The molecule has 1 saturated carbocycles. The first-order valence-corrected chi connectivity index (χ1v) is 9.93. The number of rotatable bonds is 4. The van der Waals surface area contributed by atoms with E-state index in [4.69, 9.17) is 0 Å². The molecule has 2 aliphatic carbocycles. The third-order valence-electron chi connectivity index (χ3n) is 5.56. The molecule has 1 fully saturated rings. The van der Waals surface area contributed by atoms with Gasteiger partial charge in [0.05, 0.1) is 0 Å². The molecule has 1 aromatic heterocycles. The number of aryl methyl sites for hydroxylation is 2. The SMILES string of the molecule is CC(N[C@@H](C)C1CCCCCC1)c1cc2c(s1)CCCC2. The molecule has 1 nitrogen and oxygen atoms in total. The molecule has 0 radical (unpaired) electrons. The lowest BCUT2D eigenvalue weighted by atomic mass is 9.92. The van der Waals surface area contributed by atoms with Crippen molar-refractivity contribution in [3.05, 3.63) is 21.4 Å². The summed E-state index contributed by atoms with van der Waals surface area (Å²) in [7, 11) is 0. The molecule has 0 spiro atoms. The Morgan fingerprint density at radius 2 is 1.71 bits per heavy atom. The second-order valence-electron chi connectivity index (χ2n) is 7.23. The summed E-state index contributed by atoms with van der Waals surface area (Å²) in [6.07, 6.45) is 14.1. The Hall–Kier alpha value is -0.340. The van der Waals surface area contributed by atoms with Crippen LogP contribution >= 0.6 is 11.3 Å². The third-order valence-corrected chi connectivity index (χ3v) is 6.98. The summed E-state index contributed by atoms with van der Waals surface area (Å²) in [5, 5.41) is 3.91. The van der Waals surface area contributed by atoms with Gasteiger partial charge in [0.2, 0.25) is 0 Å². The van der Waals surface area contributed by atoms with Crippen molar-refractivity contribution in [2.75, 3.05) is 0 Å². The highest BCUT2D eigenvalue weighted by atomic mass is 32.1. The van der Waals surface area contributed by atoms with Gasteiger partial charge in [-0.2, -0.15) is 0 Å². The summed E-state index contributed by atoms with van der Waals surface area (Å²) in [5.41, 5.74) is 1.65. The largest absolute Gasteiger partial charge is 0.307 e. The summed E-state index contributed by atoms with van der Waals surface area (Å²) >= 11 is 2.07. The smallest absolute Gasteiger partial charge is 0.0388 e. The first-order valence-electron chi connectivity index (χ1n) is 9.11. The van der Waals surface area contributed by atoms with Crippen molar-refractivity contribution in [3.8, 4) is 0 Å². The van der Waals surface area contributed by atoms with Crippen LogP contribution in [0.4, 0.5) is 0 Å². The average molecular weight is 306 g/mol. The molecule has 0 aromatic carbocycles. The minimum Gasteiger partial charge on any atom is -0.307 e. The zero-order valence-corrected chi connectivity index (χ0v) is 14.6. The zero-order valence-electron chi connectivity index (χ0n) is 13.8. The van der Waals surface area contributed by atoms with Gasteiger partial charge in [-0.3, -0.25) is 0 Å². The van der Waals surface area contributed by atoms with Crippen LogP contribution in [0.1, 0.15) is 86.6 Å². The molecule has 0 saturated heterocycles. The van der Waals surface area contributed by atoms with Crippen LogP contribution < -0.4 is 5.32 Å². The lowest BCUT2D eigenvalue weighted by Gasteiger charge is -2.26. The number of fused-ring (bicyclic) bond motifs is 1. The molecule has 21 heavy (non-hydrogen) atoms. The topological polar surface area (TPSA) is 12.0 Å². The summed E-state index contributed by atoms with van der Waals surface area (Å²) < 4.78 is 0. The number of thiophene rings is 1. The minimum atomic E-state index is 0.527. The van der Waals surface area contributed by atoms with E-state index < -0.39 is 0 Å². The predicted molar refractivity (Wildman–Crippen MR) is 93.2 cm³/mol. The van der Waals surface area contributed by atoms with E-state index in [0.717, 1.165) is 5.92 Å². The highest BCUT2D eigenvalue weighted by Gasteiger charge is 2.22. The van der Waals surface area contributed by atoms with Crippen LogP contribution in [-0.4, -0.2) is 6.04 Å². The van der Waals surface area contributed by atoms with Crippen molar-refractivity contribution in [2.45, 2.75) is 90.1 Å². The normalized spacial score (nSPS) is 23.3. The Balaban J connectivity index is 1.59. The molecule has 2 aliphatic rings. The lowest BCUT2D eigenvalue weighted by Crippen LogP contribution is -2.35. The molecule has 0 bridgehead atoms. The van der Waals surface area contributed by atoms with Gasteiger partial charge in [0.25, 0.3) is 0 Å². The van der Waals surface area contributed by atoms with Crippen LogP contribution in [0.3, 0.4) is 0 Å². The Morgan fingerprint density at radius 3 is 2.43 bits per heavy atom. The fraction of sp³-hybridized carbons (Fsp3) is 0.789. The molecule has 1 N–H and O–H groups in total. The molecular weight excluding hydrogens is 274 g/mol. The molecule has 3 rings (SSSR count). The summed E-state index contributed by atoms with van der Waals surface area (Å²) in [5.74, 6) is 0.893. The van der Waals surface area contributed by atoms with Crippen LogP contribution in [0.2, 0.25) is 0 Å². The van der Waals surface area contributed by atoms with Crippen LogP contribution in [0.25, 0.3) is 0 Å². The maximum atomic E-state index is 3.91. The van der Waals surface area contributed by atoms with E-state index in [-0.39, 0.29) is 0 Å². The standard InChI is InChI=1S/C19H31NS/c1-14(16-9-5-3-4-6-10-16)20-15(2)19-13-17-11-7-8-12-18(17)21-19/h13-16,20H,3-12H2,1-2H3/t14-,15?/m0/s1. The quantitative estimate of drug-likeness (QED) is 0.710. The second-order valence-corrected chi connectivity index (χ2v) is 8.40. The zero-order chi connectivity index (χ0) is 14.7. The highest BCUT2D eigenvalue weighted by Crippen LogP contribution is 2.34. The first-order chi connectivity index (χ1) is 10.2. The van der Waals surface area contributed by atoms with Gasteiger partial charge in [-0.25, -0.2) is 0 Å². The first kappa shape index (κ1) is 15.6. The predicted octanol–water partition coefficient (Wildman–Crippen LogP) is 5.64. The summed E-state index contributed by atoms with van der Waals surface area (Å²) in [4.78, 5) is 3.24. The van der Waals surface area contributed by atoms with E-state index in [9.17, 15) is 0 Å². The Morgan fingerprint density at radius 1 is 1.00 bits per heavy atom. The molecule has 1 unspecified atom stereocenters. The van der Waals surface area contributed by atoms with Crippen LogP contribution in [-0.2, 0) is 12.8 Å². The highest BCUT2D eigenvalue weighted by molar-refractivity contribution is 7.12. The average Bonchev–Trinajstić information content (AvgIpc) is 2.73. The van der Waals surface area contributed by atoms with Gasteiger partial charge in [0.1, 0.15) is 0 Å². The third kappa shape index (κ3) is 3.90.